The molecule has 0 saturated carbocycles. The molecule has 2 aliphatic heterocycles. The molecule has 0 unspecified atom stereocenters. The zero-order chi connectivity index (χ0) is 24.6. The Morgan fingerprint density at radius 1 is 1.03 bits per heavy atom. The summed E-state index contributed by atoms with van der Waals surface area (Å²) >= 11 is 6.63. The molecular weight excluding hydrogens is 498 g/mol. The van der Waals surface area contributed by atoms with Gasteiger partial charge in [-0.1, -0.05) is 54.3 Å². The SMILES string of the molecule is O=C1C(=Cc2c(Oc3ccccc3)nc3ccccn3c2=O)SC(=S)N1Cc1ccc2c(c1)OCO2. The minimum absolute atomic E-state index is 0.110. The number of hydrogen-bond acceptors (Lipinski definition) is 8. The molecule has 0 atom stereocenters. The number of para-hydroxylation sites is 1. The first-order valence-corrected chi connectivity index (χ1v) is 12.2. The summed E-state index contributed by atoms with van der Waals surface area (Å²) in [7, 11) is 0. The highest BCUT2D eigenvalue weighted by molar-refractivity contribution is 8.26. The Labute approximate surface area is 214 Å². The van der Waals surface area contributed by atoms with Crippen LogP contribution in [0.3, 0.4) is 0 Å². The zero-order valence-corrected chi connectivity index (χ0v) is 20.3. The number of amides is 1. The summed E-state index contributed by atoms with van der Waals surface area (Å²) in [5.74, 6) is 1.63. The molecule has 0 aliphatic carbocycles. The van der Waals surface area contributed by atoms with Crippen molar-refractivity contribution in [3.63, 3.8) is 0 Å². The fraction of sp³-hybridized carbons (Fsp3) is 0.0769. The summed E-state index contributed by atoms with van der Waals surface area (Å²) in [5.41, 5.74) is 1.08. The first-order valence-electron chi connectivity index (χ1n) is 10.9. The van der Waals surface area contributed by atoms with E-state index in [9.17, 15) is 9.59 Å². The molecule has 0 N–H and O–H groups in total. The maximum atomic E-state index is 13.4. The Morgan fingerprint density at radius 2 is 1.83 bits per heavy atom. The van der Waals surface area contributed by atoms with Gasteiger partial charge in [0.15, 0.2) is 11.5 Å². The van der Waals surface area contributed by atoms with Gasteiger partial charge in [-0.05, 0) is 48.0 Å². The van der Waals surface area contributed by atoms with Gasteiger partial charge in [-0.3, -0.25) is 18.9 Å². The molecule has 178 valence electrons. The average Bonchev–Trinajstić information content (AvgIpc) is 3.46. The van der Waals surface area contributed by atoms with Crippen molar-refractivity contribution < 1.29 is 19.0 Å². The summed E-state index contributed by atoms with van der Waals surface area (Å²) in [5, 5.41) is 0. The fourth-order valence-corrected chi connectivity index (χ4v) is 5.11. The van der Waals surface area contributed by atoms with Crippen LogP contribution in [0.25, 0.3) is 11.7 Å². The van der Waals surface area contributed by atoms with E-state index < -0.39 is 0 Å². The second-order valence-corrected chi connectivity index (χ2v) is 9.61. The van der Waals surface area contributed by atoms with Crippen LogP contribution in [0.4, 0.5) is 0 Å². The first-order chi connectivity index (χ1) is 17.6. The van der Waals surface area contributed by atoms with Gasteiger partial charge < -0.3 is 14.2 Å². The third-order valence-electron chi connectivity index (χ3n) is 5.62. The maximum Gasteiger partial charge on any atom is 0.269 e. The third-order valence-corrected chi connectivity index (χ3v) is 7.00. The molecule has 1 saturated heterocycles. The van der Waals surface area contributed by atoms with E-state index in [1.54, 1.807) is 42.6 Å². The Hall–Kier alpha value is -4.15. The van der Waals surface area contributed by atoms with Crippen LogP contribution < -0.4 is 19.8 Å². The summed E-state index contributed by atoms with van der Waals surface area (Å²) in [6, 6.07) is 19.8. The van der Waals surface area contributed by atoms with Crippen molar-refractivity contribution in [1.29, 1.82) is 0 Å². The maximum absolute atomic E-state index is 13.4. The van der Waals surface area contributed by atoms with E-state index in [0.717, 1.165) is 17.3 Å². The van der Waals surface area contributed by atoms with Gasteiger partial charge in [0.05, 0.1) is 11.4 Å². The van der Waals surface area contributed by atoms with Gasteiger partial charge in [0.25, 0.3) is 11.5 Å². The number of benzene rings is 2. The van der Waals surface area contributed by atoms with E-state index in [0.29, 0.717) is 32.1 Å². The Kier molecular flexibility index (Phi) is 5.67. The number of fused-ring (bicyclic) bond motifs is 2. The molecule has 8 nitrogen and oxygen atoms in total. The fourth-order valence-electron chi connectivity index (χ4n) is 3.87. The van der Waals surface area contributed by atoms with Gasteiger partial charge in [0.1, 0.15) is 21.3 Å². The minimum atomic E-state index is -0.354. The number of rotatable bonds is 5. The van der Waals surface area contributed by atoms with Crippen LogP contribution >= 0.6 is 24.0 Å². The summed E-state index contributed by atoms with van der Waals surface area (Å²) in [4.78, 5) is 33.1. The number of pyridine rings is 1. The van der Waals surface area contributed by atoms with Crippen LogP contribution in [0, 0.1) is 0 Å². The zero-order valence-electron chi connectivity index (χ0n) is 18.6. The molecule has 4 aromatic rings. The van der Waals surface area contributed by atoms with Crippen molar-refractivity contribution in [2.45, 2.75) is 6.54 Å². The smallest absolute Gasteiger partial charge is 0.269 e. The number of thiocarbonyl (C=S) groups is 1. The molecule has 36 heavy (non-hydrogen) atoms. The number of carbonyl (C=O) groups excluding carboxylic acids is 1. The minimum Gasteiger partial charge on any atom is -0.454 e. The Morgan fingerprint density at radius 3 is 2.69 bits per heavy atom. The highest BCUT2D eigenvalue weighted by atomic mass is 32.2. The normalized spacial score (nSPS) is 15.8. The van der Waals surface area contributed by atoms with Crippen LogP contribution in [0.5, 0.6) is 23.1 Å². The standard InChI is InChI=1S/C26H17N3O5S2/c30-24-18(23(34-17-6-2-1-3-7-17)27-22-8-4-5-11-28(22)24)13-21-25(31)29(26(35)36-21)14-16-9-10-19-20(12-16)33-15-32-19/h1-13H,14-15H2. The van der Waals surface area contributed by atoms with Gasteiger partial charge in [-0.2, -0.15) is 4.98 Å². The summed E-state index contributed by atoms with van der Waals surface area (Å²) in [6.45, 7) is 0.437. The van der Waals surface area contributed by atoms with Gasteiger partial charge in [-0.15, -0.1) is 0 Å². The number of hydrogen-bond donors (Lipinski definition) is 0. The molecule has 0 bridgehead atoms. The average molecular weight is 516 g/mol. The molecule has 1 amide bonds. The van der Waals surface area contributed by atoms with E-state index in [-0.39, 0.29) is 36.2 Å². The predicted molar refractivity (Wildman–Crippen MR) is 139 cm³/mol. The lowest BCUT2D eigenvalue weighted by atomic mass is 10.2. The molecule has 6 rings (SSSR count). The number of ether oxygens (including phenoxy) is 3. The van der Waals surface area contributed by atoms with Crippen molar-refractivity contribution in [2.24, 2.45) is 0 Å². The predicted octanol–water partition coefficient (Wildman–Crippen LogP) is 4.62. The third kappa shape index (κ3) is 4.10. The largest absolute Gasteiger partial charge is 0.454 e. The van der Waals surface area contributed by atoms with E-state index >= 15 is 0 Å². The molecule has 0 spiro atoms. The van der Waals surface area contributed by atoms with Crippen LogP contribution in [-0.2, 0) is 11.3 Å². The van der Waals surface area contributed by atoms with Gasteiger partial charge in [0.2, 0.25) is 12.7 Å². The molecule has 1 fully saturated rings. The Bertz CT molecular complexity index is 1620. The molecule has 2 aromatic heterocycles. The van der Waals surface area contributed by atoms with Crippen molar-refractivity contribution in [2.75, 3.05) is 6.79 Å². The molecule has 10 heteroatoms. The molecule has 4 heterocycles. The van der Waals surface area contributed by atoms with Crippen LogP contribution in [-0.4, -0.2) is 31.3 Å². The van der Waals surface area contributed by atoms with Crippen molar-refractivity contribution >= 4 is 45.9 Å². The monoisotopic (exact) mass is 515 g/mol. The van der Waals surface area contributed by atoms with Crippen LogP contribution in [0.15, 0.2) is 82.6 Å². The Balaban J connectivity index is 1.36. The molecule has 2 aromatic carbocycles. The lowest BCUT2D eigenvalue weighted by molar-refractivity contribution is -0.122. The highest BCUT2D eigenvalue weighted by Crippen LogP contribution is 2.37. The van der Waals surface area contributed by atoms with E-state index in [4.69, 9.17) is 26.4 Å². The van der Waals surface area contributed by atoms with Crippen LogP contribution in [0.2, 0.25) is 0 Å². The van der Waals surface area contributed by atoms with E-state index in [1.807, 2.05) is 30.3 Å². The summed E-state index contributed by atoms with van der Waals surface area (Å²) in [6.07, 6.45) is 3.13. The molecule has 0 radical (unpaired) electrons. The van der Waals surface area contributed by atoms with Gasteiger partial charge in [0, 0.05) is 6.20 Å². The van der Waals surface area contributed by atoms with Crippen molar-refractivity contribution in [3.05, 3.63) is 99.3 Å². The highest BCUT2D eigenvalue weighted by Gasteiger charge is 2.33. The van der Waals surface area contributed by atoms with Crippen molar-refractivity contribution in [3.8, 4) is 23.1 Å². The molecular formula is C26H17N3O5S2. The number of aromatic nitrogens is 2. The lowest BCUT2D eigenvalue weighted by Gasteiger charge is -2.14. The number of carbonyl (C=O) groups is 1. The number of nitrogens with zero attached hydrogens (tertiary/aromatic N) is 3. The quantitative estimate of drug-likeness (QED) is 0.281. The van der Waals surface area contributed by atoms with E-state index in [1.165, 1.54) is 15.4 Å². The van der Waals surface area contributed by atoms with E-state index in [2.05, 4.69) is 4.98 Å². The second kappa shape index (κ2) is 9.14. The first kappa shape index (κ1) is 22.3. The van der Waals surface area contributed by atoms with Crippen molar-refractivity contribution in [1.82, 2.24) is 14.3 Å². The lowest BCUT2D eigenvalue weighted by Crippen LogP contribution is -2.27. The van der Waals surface area contributed by atoms with Gasteiger partial charge in [-0.25, -0.2) is 0 Å². The second-order valence-electron chi connectivity index (χ2n) is 7.94. The summed E-state index contributed by atoms with van der Waals surface area (Å²) < 4.78 is 18.6. The molecule has 2 aliphatic rings. The van der Waals surface area contributed by atoms with Gasteiger partial charge >= 0.3 is 0 Å². The topological polar surface area (TPSA) is 82.4 Å². The number of thioether (sulfide) groups is 1. The van der Waals surface area contributed by atoms with Crippen LogP contribution in [0.1, 0.15) is 11.1 Å².